The summed E-state index contributed by atoms with van der Waals surface area (Å²) in [4.78, 5) is 21.5. The second-order valence-electron chi connectivity index (χ2n) is 3.34. The van der Waals surface area contributed by atoms with Crippen LogP contribution in [0, 0.1) is 21.4 Å². The molecule has 20 heavy (non-hydrogen) atoms. The second-order valence-corrected chi connectivity index (χ2v) is 3.34. The fourth-order valence-corrected chi connectivity index (χ4v) is 1.41. The minimum absolute atomic E-state index is 0.107. The van der Waals surface area contributed by atoms with Crippen LogP contribution in [0.3, 0.4) is 0 Å². The van der Waals surface area contributed by atoms with E-state index in [1.165, 1.54) is 6.92 Å². The molecule has 0 aliphatic heterocycles. The lowest BCUT2D eigenvalue weighted by Crippen LogP contribution is -2.13. The van der Waals surface area contributed by atoms with Crippen LogP contribution in [-0.2, 0) is 4.74 Å². The summed E-state index contributed by atoms with van der Waals surface area (Å²) in [6.45, 7) is -1.97. The molecule has 0 aromatic heterocycles. The summed E-state index contributed by atoms with van der Waals surface area (Å²) < 4.78 is 33.2. The molecule has 0 amide bonds. The van der Waals surface area contributed by atoms with Gasteiger partial charge in [-0.15, -0.1) is 0 Å². The summed E-state index contributed by atoms with van der Waals surface area (Å²) in [5, 5.41) is 19.6. The van der Waals surface area contributed by atoms with E-state index in [-0.39, 0.29) is 12.2 Å². The minimum Gasteiger partial charge on any atom is -0.462 e. The molecule has 0 aliphatic rings. The monoisotopic (exact) mass is 286 g/mol. The number of nitriles is 1. The van der Waals surface area contributed by atoms with E-state index in [1.807, 2.05) is 0 Å². The summed E-state index contributed by atoms with van der Waals surface area (Å²) >= 11 is 0. The highest BCUT2D eigenvalue weighted by atomic mass is 19.3. The third-order valence-corrected chi connectivity index (χ3v) is 2.10. The third-order valence-electron chi connectivity index (χ3n) is 2.10. The van der Waals surface area contributed by atoms with E-state index >= 15 is 0 Å². The number of carbonyl (C=O) groups is 1. The summed E-state index contributed by atoms with van der Waals surface area (Å²) in [5.74, 6) is -1.96. The molecule has 0 radical (unpaired) electrons. The Morgan fingerprint density at radius 1 is 1.55 bits per heavy atom. The summed E-state index contributed by atoms with van der Waals surface area (Å²) in [5.41, 5.74) is -1.88. The summed E-state index contributed by atoms with van der Waals surface area (Å²) in [6, 6.07) is 3.15. The number of nitro benzene ring substituents is 1. The molecule has 0 saturated heterocycles. The Labute approximate surface area is 111 Å². The van der Waals surface area contributed by atoms with Crippen LogP contribution < -0.4 is 4.74 Å². The fourth-order valence-electron chi connectivity index (χ4n) is 1.41. The number of benzene rings is 1. The van der Waals surface area contributed by atoms with Gasteiger partial charge in [-0.05, 0) is 13.0 Å². The van der Waals surface area contributed by atoms with Crippen LogP contribution in [0.1, 0.15) is 22.8 Å². The van der Waals surface area contributed by atoms with Gasteiger partial charge in [0.05, 0.1) is 23.2 Å². The van der Waals surface area contributed by atoms with Gasteiger partial charge >= 0.3 is 12.6 Å². The van der Waals surface area contributed by atoms with Crippen LogP contribution in [0.15, 0.2) is 12.1 Å². The molecule has 0 N–H and O–H groups in total. The molecule has 1 rings (SSSR count). The highest BCUT2D eigenvalue weighted by Crippen LogP contribution is 2.32. The molecule has 0 bridgehead atoms. The molecule has 0 saturated carbocycles. The number of nitrogens with zero attached hydrogens (tertiary/aromatic N) is 2. The molecule has 1 aromatic carbocycles. The van der Waals surface area contributed by atoms with Gasteiger partial charge in [0.15, 0.2) is 5.56 Å². The average molecular weight is 286 g/mol. The Kier molecular flexibility index (Phi) is 4.91. The van der Waals surface area contributed by atoms with E-state index in [0.29, 0.717) is 0 Å². The van der Waals surface area contributed by atoms with Gasteiger partial charge < -0.3 is 9.47 Å². The Morgan fingerprint density at radius 3 is 2.65 bits per heavy atom. The van der Waals surface area contributed by atoms with Crippen molar-refractivity contribution in [3.63, 3.8) is 0 Å². The largest absolute Gasteiger partial charge is 0.462 e. The molecule has 9 heteroatoms. The zero-order chi connectivity index (χ0) is 15.3. The Bertz CT molecular complexity index is 583. The zero-order valence-corrected chi connectivity index (χ0v) is 10.1. The molecule has 0 atom stereocenters. The second kappa shape index (κ2) is 6.42. The van der Waals surface area contributed by atoms with Gasteiger partial charge in [0.2, 0.25) is 0 Å². The molecule has 106 valence electrons. The first-order valence-electron chi connectivity index (χ1n) is 5.25. The molecule has 0 unspecified atom stereocenters. The predicted octanol–water partition coefficient (Wildman–Crippen LogP) is 2.24. The van der Waals surface area contributed by atoms with Crippen molar-refractivity contribution in [2.75, 3.05) is 6.61 Å². The van der Waals surface area contributed by atoms with E-state index in [2.05, 4.69) is 9.47 Å². The van der Waals surface area contributed by atoms with Crippen molar-refractivity contribution in [1.82, 2.24) is 0 Å². The molecule has 0 fully saturated rings. The maximum atomic E-state index is 12.3. The maximum Gasteiger partial charge on any atom is 0.387 e. The van der Waals surface area contributed by atoms with Gasteiger partial charge in [-0.1, -0.05) is 0 Å². The van der Waals surface area contributed by atoms with Crippen molar-refractivity contribution in [3.05, 3.63) is 33.4 Å². The SMILES string of the molecule is CCOC(=O)c1c(OC(F)F)cc(C#N)cc1[N+](=O)[O-]. The minimum atomic E-state index is -3.31. The molecule has 0 aliphatic carbocycles. The van der Waals surface area contributed by atoms with Crippen LogP contribution in [0.5, 0.6) is 5.75 Å². The first kappa shape index (κ1) is 15.3. The zero-order valence-electron chi connectivity index (χ0n) is 10.1. The number of esters is 1. The van der Waals surface area contributed by atoms with Gasteiger partial charge in [-0.2, -0.15) is 14.0 Å². The fraction of sp³-hybridized carbons (Fsp3) is 0.273. The van der Waals surface area contributed by atoms with Crippen molar-refractivity contribution in [3.8, 4) is 11.8 Å². The van der Waals surface area contributed by atoms with Gasteiger partial charge in [-0.25, -0.2) is 4.79 Å². The Morgan fingerprint density at radius 2 is 2.20 bits per heavy atom. The van der Waals surface area contributed by atoms with E-state index in [1.54, 1.807) is 6.07 Å². The third kappa shape index (κ3) is 3.38. The topological polar surface area (TPSA) is 102 Å². The predicted molar refractivity (Wildman–Crippen MR) is 60.4 cm³/mol. The van der Waals surface area contributed by atoms with Gasteiger partial charge in [0, 0.05) is 6.07 Å². The smallest absolute Gasteiger partial charge is 0.387 e. The van der Waals surface area contributed by atoms with Crippen molar-refractivity contribution in [2.45, 2.75) is 13.5 Å². The van der Waals surface area contributed by atoms with Crippen molar-refractivity contribution < 1.29 is 28.0 Å². The van der Waals surface area contributed by atoms with Gasteiger partial charge in [0.1, 0.15) is 5.75 Å². The van der Waals surface area contributed by atoms with Crippen LogP contribution in [0.2, 0.25) is 0 Å². The quantitative estimate of drug-likeness (QED) is 0.467. The number of rotatable bonds is 5. The molecule has 7 nitrogen and oxygen atoms in total. The molecule has 1 aromatic rings. The first-order valence-corrected chi connectivity index (χ1v) is 5.25. The van der Waals surface area contributed by atoms with Crippen molar-refractivity contribution in [2.24, 2.45) is 0 Å². The maximum absolute atomic E-state index is 12.3. The van der Waals surface area contributed by atoms with Crippen molar-refractivity contribution in [1.29, 1.82) is 5.26 Å². The molecule has 0 spiro atoms. The van der Waals surface area contributed by atoms with Crippen LogP contribution in [0.25, 0.3) is 0 Å². The van der Waals surface area contributed by atoms with Crippen molar-refractivity contribution >= 4 is 11.7 Å². The number of hydrogen-bond acceptors (Lipinski definition) is 6. The number of hydrogen-bond donors (Lipinski definition) is 0. The van der Waals surface area contributed by atoms with E-state index in [9.17, 15) is 23.7 Å². The summed E-state index contributed by atoms with van der Waals surface area (Å²) in [7, 11) is 0. The highest BCUT2D eigenvalue weighted by molar-refractivity contribution is 5.97. The highest BCUT2D eigenvalue weighted by Gasteiger charge is 2.29. The normalized spacial score (nSPS) is 9.95. The number of ether oxygens (including phenoxy) is 2. The Balaban J connectivity index is 3.52. The lowest BCUT2D eigenvalue weighted by Gasteiger charge is -2.10. The number of halogens is 2. The average Bonchev–Trinajstić information content (AvgIpc) is 2.37. The standard InChI is InChI=1S/C11H8F2N2O5/c1-2-19-10(16)9-7(15(17)18)3-6(5-14)4-8(9)20-11(12)13/h3-4,11H,2H2,1H3. The van der Waals surface area contributed by atoms with E-state index < -0.39 is 34.5 Å². The lowest BCUT2D eigenvalue weighted by atomic mass is 10.1. The number of carbonyl (C=O) groups excluding carboxylic acids is 1. The molecular weight excluding hydrogens is 278 g/mol. The van der Waals surface area contributed by atoms with Gasteiger partial charge in [-0.3, -0.25) is 10.1 Å². The first-order chi connectivity index (χ1) is 9.40. The molecule has 0 heterocycles. The van der Waals surface area contributed by atoms with Crippen LogP contribution in [0.4, 0.5) is 14.5 Å². The Hall–Kier alpha value is -2.76. The van der Waals surface area contributed by atoms with Gasteiger partial charge in [0.25, 0.3) is 5.69 Å². The summed E-state index contributed by atoms with van der Waals surface area (Å²) in [6.07, 6.45) is 0. The number of nitro groups is 1. The molecular formula is C11H8F2N2O5. The number of alkyl halides is 2. The van der Waals surface area contributed by atoms with Crippen LogP contribution in [-0.4, -0.2) is 24.1 Å². The lowest BCUT2D eigenvalue weighted by molar-refractivity contribution is -0.385. The van der Waals surface area contributed by atoms with E-state index in [0.717, 1.165) is 12.1 Å². The van der Waals surface area contributed by atoms with Crippen LogP contribution >= 0.6 is 0 Å². The van der Waals surface area contributed by atoms with E-state index in [4.69, 9.17) is 5.26 Å².